The molecule has 1 aliphatic carbocycles. The molecule has 0 bridgehead atoms. The van der Waals surface area contributed by atoms with Crippen LogP contribution in [0.25, 0.3) is 0 Å². The lowest BCUT2D eigenvalue weighted by molar-refractivity contribution is -0.149. The van der Waals surface area contributed by atoms with E-state index >= 15 is 0 Å². The van der Waals surface area contributed by atoms with Gasteiger partial charge >= 0.3 is 5.97 Å². The fraction of sp³-hybridized carbons (Fsp3) is 0.786. The normalized spacial score (nSPS) is 29.2. The van der Waals surface area contributed by atoms with Crippen LogP contribution in [0, 0.1) is 11.3 Å². The summed E-state index contributed by atoms with van der Waals surface area (Å²) in [5.74, 6) is 0.0184. The van der Waals surface area contributed by atoms with E-state index in [0.717, 1.165) is 51.4 Å². The molecule has 1 saturated carbocycles. The van der Waals surface area contributed by atoms with Crippen molar-refractivity contribution < 1.29 is 9.90 Å². The number of allylic oxidation sites excluding steroid dienone is 1. The second-order valence-electron chi connectivity index (χ2n) is 5.32. The number of unbranched alkanes of at least 4 members (excludes halogenated alkanes) is 3. The number of hydrogen-bond donors (Lipinski definition) is 1. The molecule has 2 nitrogen and oxygen atoms in total. The fourth-order valence-corrected chi connectivity index (χ4v) is 2.85. The molecule has 0 amide bonds. The Kier molecular flexibility index (Phi) is 5.04. The fourth-order valence-electron chi connectivity index (χ4n) is 2.85. The maximum Gasteiger partial charge on any atom is 0.309 e. The molecule has 0 heterocycles. The van der Waals surface area contributed by atoms with Gasteiger partial charge in [-0.3, -0.25) is 4.79 Å². The van der Waals surface area contributed by atoms with Crippen molar-refractivity contribution >= 4 is 5.97 Å². The molecule has 0 aromatic carbocycles. The highest BCUT2D eigenvalue weighted by atomic mass is 16.4. The van der Waals surface area contributed by atoms with Crippen LogP contribution >= 0.6 is 0 Å². The summed E-state index contributed by atoms with van der Waals surface area (Å²) in [6.45, 7) is 5.86. The van der Waals surface area contributed by atoms with Crippen LogP contribution in [-0.2, 0) is 4.79 Å². The summed E-state index contributed by atoms with van der Waals surface area (Å²) in [5, 5.41) is 9.37. The first-order chi connectivity index (χ1) is 7.60. The Morgan fingerprint density at radius 3 is 2.75 bits per heavy atom. The topological polar surface area (TPSA) is 37.3 Å². The summed E-state index contributed by atoms with van der Waals surface area (Å²) in [6.07, 6.45) is 10.0. The van der Waals surface area contributed by atoms with E-state index in [4.69, 9.17) is 0 Å². The minimum atomic E-state index is -0.569. The third-order valence-corrected chi connectivity index (χ3v) is 3.87. The lowest BCUT2D eigenvalue weighted by Gasteiger charge is -2.24. The minimum Gasteiger partial charge on any atom is -0.481 e. The van der Waals surface area contributed by atoms with E-state index in [0.29, 0.717) is 5.92 Å². The zero-order valence-corrected chi connectivity index (χ0v) is 10.4. The van der Waals surface area contributed by atoms with Gasteiger partial charge in [0.25, 0.3) is 0 Å². The second kappa shape index (κ2) is 6.07. The molecule has 0 saturated heterocycles. The number of carboxylic acids is 1. The summed E-state index contributed by atoms with van der Waals surface area (Å²) in [6, 6.07) is 0. The molecule has 1 N–H and O–H groups in total. The van der Waals surface area contributed by atoms with Gasteiger partial charge in [0.2, 0.25) is 0 Å². The van der Waals surface area contributed by atoms with Crippen LogP contribution in [0.3, 0.4) is 0 Å². The maximum atomic E-state index is 11.4. The Hall–Kier alpha value is -0.790. The zero-order valence-electron chi connectivity index (χ0n) is 10.4. The van der Waals surface area contributed by atoms with E-state index < -0.39 is 11.4 Å². The van der Waals surface area contributed by atoms with E-state index in [1.807, 2.05) is 6.08 Å². The van der Waals surface area contributed by atoms with E-state index in [1.165, 1.54) is 0 Å². The molecule has 0 aliphatic heterocycles. The van der Waals surface area contributed by atoms with Gasteiger partial charge in [0, 0.05) is 0 Å². The van der Waals surface area contributed by atoms with Crippen molar-refractivity contribution in [1.29, 1.82) is 0 Å². The molecule has 92 valence electrons. The van der Waals surface area contributed by atoms with Crippen LogP contribution in [0.4, 0.5) is 0 Å². The molecule has 2 unspecified atom stereocenters. The van der Waals surface area contributed by atoms with Crippen LogP contribution in [-0.4, -0.2) is 11.1 Å². The third-order valence-electron chi connectivity index (χ3n) is 3.87. The lowest BCUT2D eigenvalue weighted by atomic mass is 9.80. The molecular formula is C14H24O2. The lowest BCUT2D eigenvalue weighted by Crippen LogP contribution is -2.28. The molecule has 0 spiro atoms. The molecule has 1 fully saturated rings. The van der Waals surface area contributed by atoms with Crippen LogP contribution in [0.1, 0.15) is 58.3 Å². The number of carbonyl (C=O) groups is 1. The Morgan fingerprint density at radius 1 is 1.50 bits per heavy atom. The number of carboxylic acid groups (broad SMARTS) is 1. The Morgan fingerprint density at radius 2 is 2.25 bits per heavy atom. The Balaban J connectivity index is 2.35. The van der Waals surface area contributed by atoms with Crippen LogP contribution < -0.4 is 0 Å². The van der Waals surface area contributed by atoms with Crippen molar-refractivity contribution in [2.75, 3.05) is 0 Å². The van der Waals surface area contributed by atoms with E-state index in [2.05, 4.69) is 13.5 Å². The number of aliphatic carboxylic acids is 1. The molecule has 0 aromatic rings. The van der Waals surface area contributed by atoms with Crippen molar-refractivity contribution in [3.8, 4) is 0 Å². The van der Waals surface area contributed by atoms with Crippen molar-refractivity contribution in [1.82, 2.24) is 0 Å². The standard InChI is InChI=1S/C14H24O2/c1-3-4-5-6-7-9-14(13(15)16)10-8-12(2)11-14/h3,12H,1,4-11H2,2H3,(H,15,16). The average Bonchev–Trinajstić information content (AvgIpc) is 2.61. The quantitative estimate of drug-likeness (QED) is 0.524. The Bertz CT molecular complexity index is 247. The van der Waals surface area contributed by atoms with Crippen LogP contribution in [0.2, 0.25) is 0 Å². The highest BCUT2D eigenvalue weighted by Crippen LogP contribution is 2.45. The molecule has 2 atom stereocenters. The van der Waals surface area contributed by atoms with Gasteiger partial charge in [-0.15, -0.1) is 6.58 Å². The first-order valence-corrected chi connectivity index (χ1v) is 6.45. The van der Waals surface area contributed by atoms with Gasteiger partial charge in [0.05, 0.1) is 5.41 Å². The third kappa shape index (κ3) is 3.36. The first-order valence-electron chi connectivity index (χ1n) is 6.45. The van der Waals surface area contributed by atoms with Gasteiger partial charge in [-0.05, 0) is 44.4 Å². The van der Waals surface area contributed by atoms with Gasteiger partial charge < -0.3 is 5.11 Å². The molecular weight excluding hydrogens is 200 g/mol. The van der Waals surface area contributed by atoms with Crippen molar-refractivity contribution in [3.05, 3.63) is 12.7 Å². The molecule has 0 aromatic heterocycles. The van der Waals surface area contributed by atoms with Gasteiger partial charge in [-0.25, -0.2) is 0 Å². The van der Waals surface area contributed by atoms with E-state index in [1.54, 1.807) is 0 Å². The van der Waals surface area contributed by atoms with E-state index in [-0.39, 0.29) is 0 Å². The average molecular weight is 224 g/mol. The predicted octanol–water partition coefficient (Wildman–Crippen LogP) is 4.01. The van der Waals surface area contributed by atoms with Crippen LogP contribution in [0.5, 0.6) is 0 Å². The Labute approximate surface area is 98.7 Å². The van der Waals surface area contributed by atoms with Gasteiger partial charge in [0.15, 0.2) is 0 Å². The van der Waals surface area contributed by atoms with Crippen molar-refractivity contribution in [3.63, 3.8) is 0 Å². The monoisotopic (exact) mass is 224 g/mol. The second-order valence-corrected chi connectivity index (χ2v) is 5.32. The van der Waals surface area contributed by atoms with Gasteiger partial charge in [0.1, 0.15) is 0 Å². The maximum absolute atomic E-state index is 11.4. The molecule has 0 radical (unpaired) electrons. The van der Waals surface area contributed by atoms with Crippen molar-refractivity contribution in [2.45, 2.75) is 58.3 Å². The molecule has 16 heavy (non-hydrogen) atoms. The molecule has 1 rings (SSSR count). The van der Waals surface area contributed by atoms with E-state index in [9.17, 15) is 9.90 Å². The number of hydrogen-bond acceptors (Lipinski definition) is 1. The van der Waals surface area contributed by atoms with Gasteiger partial charge in [-0.1, -0.05) is 25.8 Å². The summed E-state index contributed by atoms with van der Waals surface area (Å²) < 4.78 is 0. The number of rotatable bonds is 7. The highest BCUT2D eigenvalue weighted by Gasteiger charge is 2.43. The zero-order chi connectivity index (χ0) is 12.0. The van der Waals surface area contributed by atoms with Crippen molar-refractivity contribution in [2.24, 2.45) is 11.3 Å². The first kappa shape index (κ1) is 13.3. The molecule has 1 aliphatic rings. The largest absolute Gasteiger partial charge is 0.481 e. The van der Waals surface area contributed by atoms with Crippen LogP contribution in [0.15, 0.2) is 12.7 Å². The summed E-state index contributed by atoms with van der Waals surface area (Å²) in [4.78, 5) is 11.4. The molecule has 2 heteroatoms. The summed E-state index contributed by atoms with van der Waals surface area (Å²) >= 11 is 0. The SMILES string of the molecule is C=CCCCCCC1(C(=O)O)CCC(C)C1. The summed E-state index contributed by atoms with van der Waals surface area (Å²) in [7, 11) is 0. The predicted molar refractivity (Wildman–Crippen MR) is 66.4 cm³/mol. The van der Waals surface area contributed by atoms with Gasteiger partial charge in [-0.2, -0.15) is 0 Å². The smallest absolute Gasteiger partial charge is 0.309 e. The highest BCUT2D eigenvalue weighted by molar-refractivity contribution is 5.75. The minimum absolute atomic E-state index is 0.395. The summed E-state index contributed by atoms with van der Waals surface area (Å²) in [5.41, 5.74) is -0.395.